The van der Waals surface area contributed by atoms with E-state index in [-0.39, 0.29) is 0 Å². The molecule has 17 heavy (non-hydrogen) atoms. The maximum absolute atomic E-state index is 4.03. The van der Waals surface area contributed by atoms with Gasteiger partial charge >= 0.3 is 0 Å². The molecule has 1 nitrogen and oxygen atoms in total. The Bertz CT molecular complexity index is 500. The fourth-order valence-electron chi connectivity index (χ4n) is 1.92. The Balaban J connectivity index is 2.30. The van der Waals surface area contributed by atoms with Crippen LogP contribution in [0.25, 0.3) is 5.70 Å². The summed E-state index contributed by atoms with van der Waals surface area (Å²) in [5.41, 5.74) is 4.79. The predicted octanol–water partition coefficient (Wildman–Crippen LogP) is 3.47. The van der Waals surface area contributed by atoms with Gasteiger partial charge in [0.15, 0.2) is 0 Å². The van der Waals surface area contributed by atoms with Gasteiger partial charge in [0.05, 0.1) is 0 Å². The fourth-order valence-corrected chi connectivity index (χ4v) is 1.92. The summed E-state index contributed by atoms with van der Waals surface area (Å²) in [7, 11) is 1.90. The van der Waals surface area contributed by atoms with Gasteiger partial charge in [0.2, 0.25) is 0 Å². The number of nitrogens with one attached hydrogen (secondary N) is 1. The lowest BCUT2D eigenvalue weighted by Gasteiger charge is -2.11. The molecule has 2 rings (SSSR count). The molecule has 2 aromatic rings. The van der Waals surface area contributed by atoms with E-state index in [1.807, 2.05) is 19.2 Å². The number of rotatable bonds is 4. The van der Waals surface area contributed by atoms with Crippen molar-refractivity contribution in [2.45, 2.75) is 6.42 Å². The third-order valence-electron chi connectivity index (χ3n) is 2.88. The van der Waals surface area contributed by atoms with Crippen molar-refractivity contribution in [3.8, 4) is 0 Å². The average molecular weight is 223 g/mol. The smallest absolute Gasteiger partial charge is 0.0341 e. The van der Waals surface area contributed by atoms with Crippen LogP contribution in [0.4, 0.5) is 0 Å². The van der Waals surface area contributed by atoms with Crippen molar-refractivity contribution in [1.82, 2.24) is 5.32 Å². The molecular formula is C16H17N. The van der Waals surface area contributed by atoms with Crippen molar-refractivity contribution in [2.24, 2.45) is 0 Å². The normalized spacial score (nSPS) is 9.94. The molecule has 0 aliphatic carbocycles. The second-order valence-electron chi connectivity index (χ2n) is 4.05. The molecule has 2 aromatic carbocycles. The first-order valence-electron chi connectivity index (χ1n) is 5.80. The lowest BCUT2D eigenvalue weighted by Crippen LogP contribution is -2.05. The van der Waals surface area contributed by atoms with Gasteiger partial charge in [0.25, 0.3) is 0 Å². The van der Waals surface area contributed by atoms with E-state index in [9.17, 15) is 0 Å². The molecule has 1 heteroatoms. The quantitative estimate of drug-likeness (QED) is 0.837. The minimum absolute atomic E-state index is 0.942. The van der Waals surface area contributed by atoms with Gasteiger partial charge < -0.3 is 5.32 Å². The van der Waals surface area contributed by atoms with Crippen molar-refractivity contribution in [2.75, 3.05) is 7.05 Å². The highest BCUT2D eigenvalue weighted by Crippen LogP contribution is 2.18. The monoisotopic (exact) mass is 223 g/mol. The summed E-state index contributed by atoms with van der Waals surface area (Å²) in [6.45, 7) is 4.03. The van der Waals surface area contributed by atoms with E-state index in [1.165, 1.54) is 16.7 Å². The summed E-state index contributed by atoms with van der Waals surface area (Å²) < 4.78 is 0. The Kier molecular flexibility index (Phi) is 3.61. The largest absolute Gasteiger partial charge is 0.388 e. The van der Waals surface area contributed by atoms with Crippen LogP contribution >= 0.6 is 0 Å². The molecular weight excluding hydrogens is 206 g/mol. The van der Waals surface area contributed by atoms with Crippen molar-refractivity contribution < 1.29 is 0 Å². The molecule has 0 saturated heterocycles. The van der Waals surface area contributed by atoms with Gasteiger partial charge in [-0.15, -0.1) is 0 Å². The summed E-state index contributed by atoms with van der Waals surface area (Å²) in [5, 5.41) is 3.11. The molecule has 0 spiro atoms. The maximum Gasteiger partial charge on any atom is 0.0341 e. The Hall–Kier alpha value is -2.02. The van der Waals surface area contributed by atoms with Crippen LogP contribution in [0.5, 0.6) is 0 Å². The SMILES string of the molecule is C=C(NC)c1ccccc1Cc1ccccc1. The summed E-state index contributed by atoms with van der Waals surface area (Å²) in [6.07, 6.45) is 0.942. The van der Waals surface area contributed by atoms with Crippen LogP contribution in [-0.2, 0) is 6.42 Å². The Labute approximate surface area is 103 Å². The molecule has 0 fully saturated rings. The number of hydrogen-bond donors (Lipinski definition) is 1. The Morgan fingerprint density at radius 1 is 1.00 bits per heavy atom. The third-order valence-corrected chi connectivity index (χ3v) is 2.88. The molecule has 1 N–H and O–H groups in total. The van der Waals surface area contributed by atoms with Gasteiger partial charge in [-0.25, -0.2) is 0 Å². The van der Waals surface area contributed by atoms with Gasteiger partial charge in [0.1, 0.15) is 0 Å². The lowest BCUT2D eigenvalue weighted by molar-refractivity contribution is 1.10. The number of benzene rings is 2. The first kappa shape index (κ1) is 11.5. The highest BCUT2D eigenvalue weighted by Gasteiger charge is 2.04. The standard InChI is InChI=1S/C16H17N/c1-13(17-2)16-11-7-6-10-15(16)12-14-8-4-3-5-9-14/h3-11,17H,1,12H2,2H3. The fraction of sp³-hybridized carbons (Fsp3) is 0.125. The van der Waals surface area contributed by atoms with E-state index in [4.69, 9.17) is 0 Å². The minimum atomic E-state index is 0.942. The second kappa shape index (κ2) is 5.35. The van der Waals surface area contributed by atoms with E-state index in [2.05, 4.69) is 54.4 Å². The predicted molar refractivity (Wildman–Crippen MR) is 73.8 cm³/mol. The van der Waals surface area contributed by atoms with Crippen molar-refractivity contribution in [3.63, 3.8) is 0 Å². The second-order valence-corrected chi connectivity index (χ2v) is 4.05. The van der Waals surface area contributed by atoms with Gasteiger partial charge in [-0.2, -0.15) is 0 Å². The van der Waals surface area contributed by atoms with Crippen molar-refractivity contribution in [1.29, 1.82) is 0 Å². The average Bonchev–Trinajstić information content (AvgIpc) is 2.40. The van der Waals surface area contributed by atoms with Crippen LogP contribution in [0.15, 0.2) is 61.2 Å². The highest BCUT2D eigenvalue weighted by molar-refractivity contribution is 5.65. The molecule has 0 unspecified atom stereocenters. The molecule has 0 saturated carbocycles. The van der Waals surface area contributed by atoms with Crippen LogP contribution in [0.3, 0.4) is 0 Å². The zero-order valence-electron chi connectivity index (χ0n) is 10.1. The molecule has 0 amide bonds. The van der Waals surface area contributed by atoms with Crippen LogP contribution < -0.4 is 5.32 Å². The lowest BCUT2D eigenvalue weighted by atomic mass is 9.98. The molecule has 0 heterocycles. The third kappa shape index (κ3) is 2.76. The van der Waals surface area contributed by atoms with Gasteiger partial charge in [-0.1, -0.05) is 61.2 Å². The summed E-state index contributed by atoms with van der Waals surface area (Å²) >= 11 is 0. The number of hydrogen-bond acceptors (Lipinski definition) is 1. The molecule has 0 bridgehead atoms. The molecule has 0 atom stereocenters. The summed E-state index contributed by atoms with van der Waals surface area (Å²) in [5.74, 6) is 0. The zero-order chi connectivity index (χ0) is 12.1. The highest BCUT2D eigenvalue weighted by atomic mass is 14.8. The van der Waals surface area contributed by atoms with Crippen molar-refractivity contribution in [3.05, 3.63) is 77.9 Å². The van der Waals surface area contributed by atoms with Crippen LogP contribution in [0.2, 0.25) is 0 Å². The van der Waals surface area contributed by atoms with Crippen LogP contribution in [-0.4, -0.2) is 7.05 Å². The van der Waals surface area contributed by atoms with Gasteiger partial charge in [-0.3, -0.25) is 0 Å². The summed E-state index contributed by atoms with van der Waals surface area (Å²) in [6, 6.07) is 18.9. The maximum atomic E-state index is 4.03. The van der Waals surface area contributed by atoms with E-state index >= 15 is 0 Å². The van der Waals surface area contributed by atoms with Crippen LogP contribution in [0.1, 0.15) is 16.7 Å². The van der Waals surface area contributed by atoms with Gasteiger partial charge in [0, 0.05) is 18.3 Å². The Morgan fingerprint density at radius 3 is 2.35 bits per heavy atom. The molecule has 0 radical (unpaired) electrons. The summed E-state index contributed by atoms with van der Waals surface area (Å²) in [4.78, 5) is 0. The first-order chi connectivity index (χ1) is 8.31. The minimum Gasteiger partial charge on any atom is -0.388 e. The van der Waals surface area contributed by atoms with Gasteiger partial charge in [-0.05, 0) is 17.5 Å². The van der Waals surface area contributed by atoms with E-state index in [0.29, 0.717) is 0 Å². The molecule has 0 aliphatic heterocycles. The van der Waals surface area contributed by atoms with E-state index in [0.717, 1.165) is 12.1 Å². The topological polar surface area (TPSA) is 12.0 Å². The van der Waals surface area contributed by atoms with Crippen LogP contribution in [0, 0.1) is 0 Å². The van der Waals surface area contributed by atoms with E-state index in [1.54, 1.807) is 0 Å². The molecule has 0 aromatic heterocycles. The van der Waals surface area contributed by atoms with E-state index < -0.39 is 0 Å². The Morgan fingerprint density at radius 2 is 1.65 bits per heavy atom. The first-order valence-corrected chi connectivity index (χ1v) is 5.80. The molecule has 86 valence electrons. The van der Waals surface area contributed by atoms with Crippen molar-refractivity contribution >= 4 is 5.70 Å². The zero-order valence-corrected chi connectivity index (χ0v) is 10.1. The molecule has 0 aliphatic rings.